The summed E-state index contributed by atoms with van der Waals surface area (Å²) in [5.41, 5.74) is -0.0585. The van der Waals surface area contributed by atoms with Crippen molar-refractivity contribution in [3.63, 3.8) is 0 Å². The maximum absolute atomic E-state index is 13.5. The van der Waals surface area contributed by atoms with Gasteiger partial charge < -0.3 is 19.3 Å². The van der Waals surface area contributed by atoms with E-state index >= 15 is 0 Å². The summed E-state index contributed by atoms with van der Waals surface area (Å²) >= 11 is 0. The van der Waals surface area contributed by atoms with Crippen molar-refractivity contribution in [2.24, 2.45) is 35.5 Å². The van der Waals surface area contributed by atoms with Crippen molar-refractivity contribution in [1.29, 1.82) is 5.26 Å². The van der Waals surface area contributed by atoms with Crippen LogP contribution in [0.3, 0.4) is 0 Å². The molecule has 168 valence electrons. The van der Waals surface area contributed by atoms with Gasteiger partial charge in [-0.25, -0.2) is 4.79 Å². The topological polar surface area (TPSA) is 106 Å². The number of rotatable bonds is 2. The van der Waals surface area contributed by atoms with Gasteiger partial charge in [0.1, 0.15) is 17.5 Å². The van der Waals surface area contributed by atoms with Crippen LogP contribution in [0.1, 0.15) is 34.1 Å². The highest BCUT2D eigenvalue weighted by Crippen LogP contribution is 2.60. The van der Waals surface area contributed by atoms with Gasteiger partial charge in [0.2, 0.25) is 0 Å². The summed E-state index contributed by atoms with van der Waals surface area (Å²) in [6, 6.07) is 2.31. The van der Waals surface area contributed by atoms with Gasteiger partial charge in [0.15, 0.2) is 6.10 Å². The van der Waals surface area contributed by atoms with E-state index in [4.69, 9.17) is 14.2 Å². The molecular formula is C24H31NO6. The second-order valence-corrected chi connectivity index (χ2v) is 9.58. The number of nitriles is 1. The minimum atomic E-state index is -0.938. The summed E-state index contributed by atoms with van der Waals surface area (Å²) in [5, 5.41) is 20.0. The molecule has 11 atom stereocenters. The number of hydrogen-bond donors (Lipinski definition) is 1. The largest absolute Gasteiger partial charge is 0.457 e. The number of carbonyl (C=O) groups is 2. The van der Waals surface area contributed by atoms with Gasteiger partial charge in [-0.05, 0) is 25.8 Å². The van der Waals surface area contributed by atoms with E-state index in [0.717, 1.165) is 5.57 Å². The number of cyclic esters (lactones) is 1. The van der Waals surface area contributed by atoms with Gasteiger partial charge in [-0.2, -0.15) is 5.26 Å². The molecule has 4 aliphatic rings. The van der Waals surface area contributed by atoms with Crippen molar-refractivity contribution < 1.29 is 28.9 Å². The Bertz CT molecular complexity index is 872. The van der Waals surface area contributed by atoms with Crippen LogP contribution in [0.25, 0.3) is 0 Å². The molecule has 1 N–H and O–H groups in total. The minimum Gasteiger partial charge on any atom is -0.457 e. The number of ether oxygens (including phenoxy) is 3. The standard InChI is InChI=1S/C24H31NO6/c1-11-8-12(2)24-15(9-18(29-5)23(28)30-21(11)14(4)26)6-7-16-19(24)20(27)13(3)17(10-25)22(16)31-24/h6-8,11,13-19,21-22,26H,9H2,1-5H3/b12-8-/t11-,13?,14-,15-,16-,17-,18+,19+,21+,22-,24+/m1/s1. The number of hydrogen-bond acceptors (Lipinski definition) is 7. The van der Waals surface area contributed by atoms with Crippen LogP contribution in [0.2, 0.25) is 0 Å². The van der Waals surface area contributed by atoms with Crippen LogP contribution in [-0.4, -0.2) is 54.0 Å². The number of esters is 1. The normalized spacial score (nSPS) is 49.3. The predicted molar refractivity (Wildman–Crippen MR) is 110 cm³/mol. The SMILES string of the molecule is CO[C@H]1C[C@H]2C=C[C@H]3[C@H]4O[C@]2(/C(C)=C\[C@@H](C)[C@@H]([C@@H](C)O)OC1=O)[C@@H]3C(=O)C(C)[C@H]4C#N. The summed E-state index contributed by atoms with van der Waals surface area (Å²) in [5.74, 6) is -2.56. The van der Waals surface area contributed by atoms with E-state index in [0.29, 0.717) is 0 Å². The Hall–Kier alpha value is -2.01. The molecule has 2 fully saturated rings. The lowest BCUT2D eigenvalue weighted by molar-refractivity contribution is -0.171. The van der Waals surface area contributed by atoms with Crippen LogP contribution in [0, 0.1) is 46.8 Å². The molecule has 0 aromatic carbocycles. The highest BCUT2D eigenvalue weighted by molar-refractivity contribution is 5.88. The Morgan fingerprint density at radius 3 is 2.65 bits per heavy atom. The molecular weight excluding hydrogens is 398 g/mol. The van der Waals surface area contributed by atoms with E-state index in [2.05, 4.69) is 6.07 Å². The molecule has 0 aromatic rings. The molecule has 1 saturated heterocycles. The van der Waals surface area contributed by atoms with Crippen LogP contribution in [0.4, 0.5) is 0 Å². The second-order valence-electron chi connectivity index (χ2n) is 9.58. The molecule has 1 unspecified atom stereocenters. The molecule has 2 aliphatic carbocycles. The Labute approximate surface area is 183 Å². The number of methoxy groups -OCH3 is 1. The van der Waals surface area contributed by atoms with E-state index in [1.54, 1.807) is 6.92 Å². The molecule has 0 amide bonds. The zero-order chi connectivity index (χ0) is 22.7. The van der Waals surface area contributed by atoms with Gasteiger partial charge in [-0.3, -0.25) is 4.79 Å². The van der Waals surface area contributed by atoms with Gasteiger partial charge >= 0.3 is 5.97 Å². The Morgan fingerprint density at radius 2 is 2.03 bits per heavy atom. The lowest BCUT2D eigenvalue weighted by atomic mass is 9.57. The average Bonchev–Trinajstić information content (AvgIpc) is 2.91. The number of Topliss-reactive ketones (excluding diaryl/α,β-unsaturated/α-hetero) is 1. The monoisotopic (exact) mass is 429 g/mol. The molecule has 0 aromatic heterocycles. The van der Waals surface area contributed by atoms with E-state index in [-0.39, 0.29) is 36.1 Å². The zero-order valence-corrected chi connectivity index (χ0v) is 18.6. The molecule has 2 heterocycles. The number of nitrogens with zero attached hydrogens (tertiary/aromatic N) is 1. The average molecular weight is 430 g/mol. The molecule has 4 rings (SSSR count). The van der Waals surface area contributed by atoms with Gasteiger partial charge in [0.05, 0.1) is 30.1 Å². The van der Waals surface area contributed by atoms with Crippen molar-refractivity contribution >= 4 is 11.8 Å². The fourth-order valence-electron chi connectivity index (χ4n) is 6.32. The first-order chi connectivity index (χ1) is 14.7. The van der Waals surface area contributed by atoms with Crippen molar-refractivity contribution in [2.75, 3.05) is 7.11 Å². The molecule has 4 bridgehead atoms. The highest BCUT2D eigenvalue weighted by Gasteiger charge is 2.68. The van der Waals surface area contributed by atoms with Crippen LogP contribution in [0.5, 0.6) is 0 Å². The van der Waals surface area contributed by atoms with Crippen molar-refractivity contribution in [1.82, 2.24) is 0 Å². The Morgan fingerprint density at radius 1 is 1.32 bits per heavy atom. The highest BCUT2D eigenvalue weighted by atomic mass is 16.6. The van der Waals surface area contributed by atoms with E-state index < -0.39 is 47.6 Å². The summed E-state index contributed by atoms with van der Waals surface area (Å²) in [6.07, 6.45) is 3.42. The fraction of sp³-hybridized carbons (Fsp3) is 0.708. The third kappa shape index (κ3) is 3.11. The number of ketones is 1. The Balaban J connectivity index is 1.89. The summed E-state index contributed by atoms with van der Waals surface area (Å²) < 4.78 is 17.8. The second kappa shape index (κ2) is 7.84. The van der Waals surface area contributed by atoms with Crippen LogP contribution in [-0.2, 0) is 23.8 Å². The zero-order valence-electron chi connectivity index (χ0n) is 18.6. The molecule has 1 spiro atoms. The van der Waals surface area contributed by atoms with E-state index in [1.165, 1.54) is 7.11 Å². The van der Waals surface area contributed by atoms with Crippen LogP contribution >= 0.6 is 0 Å². The first kappa shape index (κ1) is 22.2. The lowest BCUT2D eigenvalue weighted by Gasteiger charge is -2.45. The van der Waals surface area contributed by atoms with Crippen molar-refractivity contribution in [3.05, 3.63) is 23.8 Å². The molecule has 1 saturated carbocycles. The molecule has 7 heteroatoms. The smallest absolute Gasteiger partial charge is 0.335 e. The predicted octanol–water partition coefficient (Wildman–Crippen LogP) is 2.19. The van der Waals surface area contributed by atoms with Gasteiger partial charge in [-0.1, -0.05) is 32.1 Å². The molecule has 2 aliphatic heterocycles. The molecule has 7 nitrogen and oxygen atoms in total. The van der Waals surface area contributed by atoms with Crippen LogP contribution in [0.15, 0.2) is 23.8 Å². The third-order valence-corrected chi connectivity index (χ3v) is 7.86. The van der Waals surface area contributed by atoms with E-state index in [1.807, 2.05) is 39.0 Å². The first-order valence-corrected chi connectivity index (χ1v) is 11.1. The lowest BCUT2D eigenvalue weighted by Crippen LogP contribution is -2.54. The third-order valence-electron chi connectivity index (χ3n) is 7.86. The van der Waals surface area contributed by atoms with Gasteiger partial charge in [-0.15, -0.1) is 0 Å². The molecule has 31 heavy (non-hydrogen) atoms. The number of aliphatic hydroxyl groups is 1. The number of carbonyl (C=O) groups excluding carboxylic acids is 2. The first-order valence-electron chi connectivity index (χ1n) is 11.1. The molecule has 0 radical (unpaired) electrons. The van der Waals surface area contributed by atoms with Crippen molar-refractivity contribution in [2.45, 2.75) is 64.1 Å². The maximum Gasteiger partial charge on any atom is 0.335 e. The maximum atomic E-state index is 13.5. The summed E-state index contributed by atoms with van der Waals surface area (Å²) in [6.45, 7) is 7.23. The summed E-state index contributed by atoms with van der Waals surface area (Å²) in [7, 11) is 1.45. The minimum absolute atomic E-state index is 0.0423. The van der Waals surface area contributed by atoms with Gasteiger partial charge in [0, 0.05) is 30.8 Å². The van der Waals surface area contributed by atoms with Gasteiger partial charge in [0.25, 0.3) is 0 Å². The number of aliphatic hydroxyl groups excluding tert-OH is 1. The fourth-order valence-corrected chi connectivity index (χ4v) is 6.32. The van der Waals surface area contributed by atoms with Crippen molar-refractivity contribution in [3.8, 4) is 6.07 Å². The Kier molecular flexibility index (Phi) is 5.61. The summed E-state index contributed by atoms with van der Waals surface area (Å²) in [4.78, 5) is 26.4. The quantitative estimate of drug-likeness (QED) is 0.530. The van der Waals surface area contributed by atoms with E-state index in [9.17, 15) is 20.0 Å². The van der Waals surface area contributed by atoms with Crippen LogP contribution < -0.4 is 0 Å².